The van der Waals surface area contributed by atoms with Gasteiger partial charge in [-0.15, -0.1) is 0 Å². The van der Waals surface area contributed by atoms with Crippen molar-refractivity contribution >= 4 is 13.7 Å². The van der Waals surface area contributed by atoms with Crippen LogP contribution in [0.15, 0.2) is 0 Å². The molecule has 0 radical (unpaired) electrons. The van der Waals surface area contributed by atoms with Crippen LogP contribution in [0.25, 0.3) is 0 Å². The van der Waals surface area contributed by atoms with Crippen molar-refractivity contribution in [1.29, 1.82) is 0 Å². The molecular weight excluding hydrogens is 349 g/mol. The molecule has 12 nitrogen and oxygen atoms in total. The number of rotatable bonds is 7. The number of nitrogens with zero attached hydrogens (tertiary/aromatic N) is 1. The first-order valence-electron chi connectivity index (χ1n) is 6.68. The lowest BCUT2D eigenvalue weighted by molar-refractivity contribution is -0.0261. The van der Waals surface area contributed by atoms with Crippen molar-refractivity contribution in [2.45, 2.75) is 24.4 Å². The molecule has 13 heteroatoms. The lowest BCUT2D eigenvalue weighted by atomic mass is 10.1. The van der Waals surface area contributed by atoms with Gasteiger partial charge < -0.3 is 25.8 Å². The summed E-state index contributed by atoms with van der Waals surface area (Å²) >= 11 is 0. The van der Waals surface area contributed by atoms with Crippen molar-refractivity contribution in [3.63, 3.8) is 0 Å². The Morgan fingerprint density at radius 1 is 1.38 bits per heavy atom. The molecule has 0 bridgehead atoms. The molecule has 6 N–H and O–H groups in total. The van der Waals surface area contributed by atoms with Crippen molar-refractivity contribution in [2.24, 2.45) is 5.73 Å². The molecule has 24 heavy (non-hydrogen) atoms. The van der Waals surface area contributed by atoms with Gasteiger partial charge in [-0.25, -0.2) is 4.57 Å². The zero-order chi connectivity index (χ0) is 18.1. The van der Waals surface area contributed by atoms with Crippen LogP contribution in [0.5, 0.6) is 5.75 Å². The second-order valence-corrected chi connectivity index (χ2v) is 6.76. The molecule has 4 atom stereocenters. The topological polar surface area (TPSA) is 186 Å². The van der Waals surface area contributed by atoms with Crippen LogP contribution in [0, 0.1) is 0 Å². The number of aromatic hydroxyl groups is 1. The number of primary amides is 1. The number of carbonyl (C=O) groups is 1. The summed E-state index contributed by atoms with van der Waals surface area (Å²) in [5, 5.41) is 35.8. The third-order valence-corrected chi connectivity index (χ3v) is 4.85. The van der Waals surface area contributed by atoms with Gasteiger partial charge in [-0.1, -0.05) is 0 Å². The highest BCUT2D eigenvalue weighted by Gasteiger charge is 2.47. The van der Waals surface area contributed by atoms with E-state index in [2.05, 4.69) is 19.2 Å². The van der Waals surface area contributed by atoms with Gasteiger partial charge in [0.15, 0.2) is 11.4 Å². The van der Waals surface area contributed by atoms with E-state index >= 15 is 0 Å². The number of phosphoric ester groups is 1. The number of nitrogens with one attached hydrogen (secondary N) is 1. The van der Waals surface area contributed by atoms with Gasteiger partial charge >= 0.3 is 7.82 Å². The molecule has 1 aromatic rings. The fourth-order valence-corrected chi connectivity index (χ4v) is 2.87. The largest absolute Gasteiger partial charge is 0.504 e. The molecule has 0 spiro atoms. The van der Waals surface area contributed by atoms with E-state index in [0.717, 1.165) is 14.2 Å². The molecule has 4 unspecified atom stereocenters. The molecule has 136 valence electrons. The predicted octanol–water partition coefficient (Wildman–Crippen LogP) is -1.21. The smallest absolute Gasteiger partial charge is 0.474 e. The second-order valence-electron chi connectivity index (χ2n) is 4.88. The van der Waals surface area contributed by atoms with Crippen molar-refractivity contribution in [3.8, 4) is 5.75 Å². The zero-order valence-electron chi connectivity index (χ0n) is 12.8. The number of phosphoric acid groups is 1. The minimum Gasteiger partial charge on any atom is -0.504 e. The van der Waals surface area contributed by atoms with Gasteiger partial charge in [-0.2, -0.15) is 5.10 Å². The van der Waals surface area contributed by atoms with E-state index in [1.54, 1.807) is 0 Å². The fraction of sp³-hybridized carbons (Fsp3) is 0.636. The molecule has 1 aliphatic rings. The Morgan fingerprint density at radius 2 is 2.00 bits per heavy atom. The fourth-order valence-electron chi connectivity index (χ4n) is 2.18. The van der Waals surface area contributed by atoms with Crippen LogP contribution in [0.2, 0.25) is 0 Å². The highest BCUT2D eigenvalue weighted by atomic mass is 31.2. The number of hydrogen-bond donors (Lipinski definition) is 5. The van der Waals surface area contributed by atoms with Crippen LogP contribution in [-0.2, 0) is 22.9 Å². The number of ether oxygens (including phenoxy) is 1. The molecule has 0 aliphatic carbocycles. The van der Waals surface area contributed by atoms with Crippen LogP contribution in [0.4, 0.5) is 0 Å². The van der Waals surface area contributed by atoms with E-state index in [1.807, 2.05) is 0 Å². The van der Waals surface area contributed by atoms with Crippen molar-refractivity contribution in [1.82, 2.24) is 10.2 Å². The lowest BCUT2D eigenvalue weighted by Crippen LogP contribution is -2.33. The van der Waals surface area contributed by atoms with Gasteiger partial charge in [-0.3, -0.25) is 23.5 Å². The Morgan fingerprint density at radius 3 is 2.50 bits per heavy atom. The number of aliphatic hydroxyl groups is 2. The van der Waals surface area contributed by atoms with Crippen LogP contribution < -0.4 is 5.73 Å². The normalized spacial score (nSPS) is 27.5. The summed E-state index contributed by atoms with van der Waals surface area (Å²) in [6, 6.07) is 0. The summed E-state index contributed by atoms with van der Waals surface area (Å²) < 4.78 is 31.3. The van der Waals surface area contributed by atoms with Gasteiger partial charge in [0.05, 0.1) is 6.61 Å². The first-order valence-corrected chi connectivity index (χ1v) is 8.14. The highest BCUT2D eigenvalue weighted by molar-refractivity contribution is 7.48. The molecule has 1 fully saturated rings. The standard InChI is InChI=1S/C11H18N3O9P/c1-20-24(19,21-2)22-3-4-7(15)9(17)10(23-4)5-8(16)6(11(12)18)14-13-5/h4,7,9-10,15-17H,3H2,1-2H3,(H2,12,18)(H,13,14). The molecule has 0 aromatic carbocycles. The van der Waals surface area contributed by atoms with E-state index in [0.29, 0.717) is 0 Å². The maximum absolute atomic E-state index is 11.8. The molecule has 2 rings (SSSR count). The lowest BCUT2D eigenvalue weighted by Gasteiger charge is -2.18. The van der Waals surface area contributed by atoms with E-state index in [4.69, 9.17) is 15.0 Å². The SMILES string of the molecule is COP(=O)(OC)OCC1OC(c2n[nH]c(C(N)=O)c2O)C(O)C1O. The van der Waals surface area contributed by atoms with Crippen molar-refractivity contribution < 1.29 is 43.0 Å². The molecular formula is C11H18N3O9P. The number of H-pyrrole nitrogens is 1. The van der Waals surface area contributed by atoms with E-state index < -0.39 is 50.5 Å². The number of amides is 1. The predicted molar refractivity (Wildman–Crippen MR) is 76.0 cm³/mol. The summed E-state index contributed by atoms with van der Waals surface area (Å²) in [5.41, 5.74) is 4.47. The van der Waals surface area contributed by atoms with Crippen molar-refractivity contribution in [3.05, 3.63) is 11.4 Å². The number of hydrogen-bond acceptors (Lipinski definition) is 10. The van der Waals surface area contributed by atoms with Gasteiger partial charge in [0.1, 0.15) is 30.1 Å². The zero-order valence-corrected chi connectivity index (χ0v) is 13.7. The first-order chi connectivity index (χ1) is 11.2. The molecule has 0 saturated carbocycles. The maximum atomic E-state index is 11.8. The highest BCUT2D eigenvalue weighted by Crippen LogP contribution is 2.48. The Hall–Kier alpha value is -1.53. The summed E-state index contributed by atoms with van der Waals surface area (Å²) in [6.07, 6.45) is -5.30. The molecule has 1 amide bonds. The summed E-state index contributed by atoms with van der Waals surface area (Å²) in [7, 11) is -1.57. The van der Waals surface area contributed by atoms with Gasteiger partial charge in [0, 0.05) is 14.2 Å². The average molecular weight is 367 g/mol. The summed E-state index contributed by atoms with van der Waals surface area (Å²) in [6.45, 7) is -0.429. The van der Waals surface area contributed by atoms with Crippen LogP contribution in [0.3, 0.4) is 0 Å². The summed E-state index contributed by atoms with van der Waals surface area (Å²) in [5.74, 6) is -1.56. The minimum atomic E-state index is -3.80. The maximum Gasteiger partial charge on any atom is 0.474 e. The van der Waals surface area contributed by atoms with E-state index in [1.165, 1.54) is 0 Å². The van der Waals surface area contributed by atoms with Gasteiger partial charge in [0.25, 0.3) is 5.91 Å². The molecule has 1 aromatic heterocycles. The van der Waals surface area contributed by atoms with E-state index in [9.17, 15) is 24.7 Å². The summed E-state index contributed by atoms with van der Waals surface area (Å²) in [4.78, 5) is 11.1. The number of aromatic amines is 1. The quantitative estimate of drug-likeness (QED) is 0.366. The van der Waals surface area contributed by atoms with E-state index in [-0.39, 0.29) is 11.4 Å². The van der Waals surface area contributed by atoms with Crippen LogP contribution >= 0.6 is 7.82 Å². The second kappa shape index (κ2) is 7.15. The average Bonchev–Trinajstić information content (AvgIpc) is 3.07. The Bertz CT molecular complexity index is 643. The Kier molecular flexibility index (Phi) is 5.60. The minimum absolute atomic E-state index is 0.209. The molecule has 1 aliphatic heterocycles. The van der Waals surface area contributed by atoms with Gasteiger partial charge in [-0.05, 0) is 0 Å². The number of aliphatic hydroxyl groups excluding tert-OH is 2. The first kappa shape index (κ1) is 18.8. The Labute approximate surface area is 136 Å². The molecule has 2 heterocycles. The number of carbonyl (C=O) groups excluding carboxylic acids is 1. The third-order valence-electron chi connectivity index (χ3n) is 3.49. The van der Waals surface area contributed by atoms with Crippen LogP contribution in [-0.4, -0.2) is 70.6 Å². The van der Waals surface area contributed by atoms with Gasteiger partial charge in [0.2, 0.25) is 0 Å². The molecule has 1 saturated heterocycles. The van der Waals surface area contributed by atoms with Crippen LogP contribution in [0.1, 0.15) is 22.3 Å². The monoisotopic (exact) mass is 367 g/mol. The third kappa shape index (κ3) is 3.44. The Balaban J connectivity index is 2.13. The number of aromatic nitrogens is 2. The van der Waals surface area contributed by atoms with Crippen molar-refractivity contribution in [2.75, 3.05) is 20.8 Å². The number of nitrogens with two attached hydrogens (primary N) is 1.